The van der Waals surface area contributed by atoms with Gasteiger partial charge in [-0.15, -0.1) is 0 Å². The number of amides is 2. The Hall–Kier alpha value is -2.32. The molecule has 4 rings (SSSR count). The zero-order valence-corrected chi connectivity index (χ0v) is 20.4. The molecule has 8 heteroatoms. The van der Waals surface area contributed by atoms with Crippen LogP contribution in [0.15, 0.2) is 30.3 Å². The predicted molar refractivity (Wildman–Crippen MR) is 129 cm³/mol. The topological polar surface area (TPSA) is 98.3 Å². The molecule has 2 amide bonds. The normalized spacial score (nSPS) is 20.2. The third-order valence-electron chi connectivity index (χ3n) is 7.40. The van der Waals surface area contributed by atoms with Gasteiger partial charge in [0.15, 0.2) is 5.82 Å². The molecule has 1 saturated carbocycles. The molecule has 3 N–H and O–H groups in total. The number of carbonyl (C=O) groups is 2. The van der Waals surface area contributed by atoms with Crippen LogP contribution in [0.2, 0.25) is 0 Å². The lowest BCUT2D eigenvalue weighted by Gasteiger charge is -2.53. The standard InChI is InChI=1S/C24H34N4O3S/c1-23(2)19-17(14-28(23)21(30)18(15-29)16-10-7-6-8-11-16)20(27-26-19)25-22(31)24(12-9-13-24)32(3,4)5/h6-8,10-11,18,29H,9,12-15H2,1-5H3,(H2,25,26,27,31)/t18-/m1/s1. The van der Waals surface area contributed by atoms with Crippen molar-refractivity contribution in [1.29, 1.82) is 0 Å². The van der Waals surface area contributed by atoms with E-state index in [9.17, 15) is 14.7 Å². The smallest absolute Gasteiger partial charge is 0.240 e. The summed E-state index contributed by atoms with van der Waals surface area (Å²) in [6.07, 6.45) is 9.49. The Morgan fingerprint density at radius 3 is 2.41 bits per heavy atom. The Kier molecular flexibility index (Phi) is 5.66. The first-order valence-corrected chi connectivity index (χ1v) is 13.9. The van der Waals surface area contributed by atoms with Crippen molar-refractivity contribution in [2.45, 2.75) is 55.9 Å². The monoisotopic (exact) mass is 458 g/mol. The highest BCUT2D eigenvalue weighted by Gasteiger charge is 2.51. The van der Waals surface area contributed by atoms with Gasteiger partial charge in [-0.3, -0.25) is 14.7 Å². The maximum atomic E-state index is 13.5. The molecule has 1 aliphatic heterocycles. The van der Waals surface area contributed by atoms with Crippen molar-refractivity contribution in [3.63, 3.8) is 0 Å². The second-order valence-corrected chi connectivity index (χ2v) is 14.6. The van der Waals surface area contributed by atoms with Crippen LogP contribution in [-0.2, 0) is 21.7 Å². The number of aliphatic hydroxyl groups is 1. The van der Waals surface area contributed by atoms with Crippen LogP contribution < -0.4 is 5.32 Å². The molecule has 0 bridgehead atoms. The average Bonchev–Trinajstić information content (AvgIpc) is 3.19. The lowest BCUT2D eigenvalue weighted by molar-refractivity contribution is -0.139. The van der Waals surface area contributed by atoms with Crippen molar-refractivity contribution >= 4 is 27.7 Å². The van der Waals surface area contributed by atoms with E-state index < -0.39 is 21.5 Å². The maximum absolute atomic E-state index is 13.5. The van der Waals surface area contributed by atoms with Gasteiger partial charge in [0, 0.05) is 5.56 Å². The summed E-state index contributed by atoms with van der Waals surface area (Å²) < 4.78 is -0.308. The Bertz CT molecular complexity index is 1020. The molecule has 1 aromatic heterocycles. The summed E-state index contributed by atoms with van der Waals surface area (Å²) in [6, 6.07) is 9.35. The van der Waals surface area contributed by atoms with Gasteiger partial charge in [-0.05, 0) is 57.4 Å². The summed E-state index contributed by atoms with van der Waals surface area (Å²) in [4.78, 5) is 28.6. The highest BCUT2D eigenvalue weighted by molar-refractivity contribution is 8.33. The third-order valence-corrected chi connectivity index (χ3v) is 10.3. The summed E-state index contributed by atoms with van der Waals surface area (Å²) in [5.41, 5.74) is 1.84. The first-order chi connectivity index (χ1) is 15.0. The molecule has 0 spiro atoms. The number of aromatic amines is 1. The average molecular weight is 459 g/mol. The van der Waals surface area contributed by atoms with Gasteiger partial charge in [0.1, 0.15) is 0 Å². The van der Waals surface area contributed by atoms with Crippen LogP contribution in [0.3, 0.4) is 0 Å². The Morgan fingerprint density at radius 1 is 1.22 bits per heavy atom. The van der Waals surface area contributed by atoms with Crippen molar-refractivity contribution in [1.82, 2.24) is 15.1 Å². The van der Waals surface area contributed by atoms with Gasteiger partial charge in [0.2, 0.25) is 11.8 Å². The Balaban J connectivity index is 1.59. The SMILES string of the molecule is CC1(C)c2[nH]nc(NC(=O)C3(S(C)(C)C)CCC3)c2CN1C(=O)[C@H](CO)c1ccccc1. The number of H-pyrrole nitrogens is 1. The van der Waals surface area contributed by atoms with Crippen molar-refractivity contribution in [3.05, 3.63) is 47.2 Å². The molecular weight excluding hydrogens is 424 g/mol. The molecular formula is C24H34N4O3S. The van der Waals surface area contributed by atoms with E-state index in [1.165, 1.54) is 0 Å². The van der Waals surface area contributed by atoms with Crippen LogP contribution in [0.25, 0.3) is 0 Å². The van der Waals surface area contributed by atoms with Gasteiger partial charge in [-0.25, -0.2) is 10.0 Å². The van der Waals surface area contributed by atoms with Gasteiger partial charge >= 0.3 is 0 Å². The van der Waals surface area contributed by atoms with Crippen LogP contribution in [0, 0.1) is 0 Å². The second-order valence-electron chi connectivity index (χ2n) is 10.2. The minimum Gasteiger partial charge on any atom is -0.395 e. The third kappa shape index (κ3) is 3.44. The summed E-state index contributed by atoms with van der Waals surface area (Å²) in [5, 5.41) is 20.6. The van der Waals surface area contributed by atoms with Gasteiger partial charge in [-0.1, -0.05) is 30.3 Å². The highest BCUT2D eigenvalue weighted by atomic mass is 32.3. The Morgan fingerprint density at radius 2 is 1.88 bits per heavy atom. The first-order valence-electron chi connectivity index (χ1n) is 11.1. The predicted octanol–water partition coefficient (Wildman–Crippen LogP) is 3.32. The number of hydrogen-bond donors (Lipinski definition) is 3. The number of nitrogens with one attached hydrogen (secondary N) is 2. The summed E-state index contributed by atoms with van der Waals surface area (Å²) in [6.45, 7) is 4.01. The minimum absolute atomic E-state index is 0.0423. The number of rotatable bonds is 6. The van der Waals surface area contributed by atoms with E-state index in [-0.39, 0.29) is 23.2 Å². The quantitative estimate of drug-likeness (QED) is 0.618. The van der Waals surface area contributed by atoms with E-state index in [1.807, 2.05) is 44.2 Å². The Labute approximate surface area is 191 Å². The van der Waals surface area contributed by atoms with E-state index in [4.69, 9.17) is 0 Å². The lowest BCUT2D eigenvalue weighted by atomic mass is 9.83. The molecule has 174 valence electrons. The van der Waals surface area contributed by atoms with Gasteiger partial charge in [0.25, 0.3) is 0 Å². The van der Waals surface area contributed by atoms with Crippen molar-refractivity contribution in [2.24, 2.45) is 0 Å². The lowest BCUT2D eigenvalue weighted by Crippen LogP contribution is -2.51. The highest BCUT2D eigenvalue weighted by Crippen LogP contribution is 2.60. The van der Waals surface area contributed by atoms with Crippen LogP contribution in [0.4, 0.5) is 5.82 Å². The molecule has 1 atom stereocenters. The molecule has 0 radical (unpaired) electrons. The van der Waals surface area contributed by atoms with E-state index in [0.717, 1.165) is 36.1 Å². The van der Waals surface area contributed by atoms with E-state index in [2.05, 4.69) is 34.3 Å². The zero-order valence-electron chi connectivity index (χ0n) is 19.6. The number of anilines is 1. The number of aliphatic hydroxyl groups excluding tert-OH is 1. The summed E-state index contributed by atoms with van der Waals surface area (Å²) >= 11 is 0. The van der Waals surface area contributed by atoms with Gasteiger partial charge in [0.05, 0.1) is 35.0 Å². The number of nitrogens with zero attached hydrogens (tertiary/aromatic N) is 2. The molecule has 7 nitrogen and oxygen atoms in total. The fraction of sp³-hybridized carbons (Fsp3) is 0.542. The molecule has 2 aliphatic rings. The second kappa shape index (κ2) is 7.92. The largest absolute Gasteiger partial charge is 0.395 e. The number of aromatic nitrogens is 2. The fourth-order valence-electron chi connectivity index (χ4n) is 5.01. The molecule has 1 fully saturated rings. The van der Waals surface area contributed by atoms with Crippen LogP contribution in [0.5, 0.6) is 0 Å². The first kappa shape index (κ1) is 22.9. The van der Waals surface area contributed by atoms with E-state index in [1.54, 1.807) is 4.90 Å². The van der Waals surface area contributed by atoms with Crippen molar-refractivity contribution in [2.75, 3.05) is 30.7 Å². The summed E-state index contributed by atoms with van der Waals surface area (Å²) in [5.74, 6) is -0.211. The van der Waals surface area contributed by atoms with Gasteiger partial charge in [-0.2, -0.15) is 5.10 Å². The zero-order chi connectivity index (χ0) is 23.3. The summed E-state index contributed by atoms with van der Waals surface area (Å²) in [7, 11) is -1.08. The molecule has 0 unspecified atom stereocenters. The van der Waals surface area contributed by atoms with Gasteiger partial charge < -0.3 is 15.3 Å². The van der Waals surface area contributed by atoms with E-state index in [0.29, 0.717) is 12.4 Å². The van der Waals surface area contributed by atoms with Crippen LogP contribution in [0.1, 0.15) is 55.8 Å². The van der Waals surface area contributed by atoms with Crippen LogP contribution >= 0.6 is 10.0 Å². The number of benzene rings is 1. The minimum atomic E-state index is -1.08. The number of fused-ring (bicyclic) bond motifs is 1. The molecule has 2 aromatic rings. The molecule has 1 aromatic carbocycles. The van der Waals surface area contributed by atoms with Crippen molar-refractivity contribution < 1.29 is 14.7 Å². The fourth-order valence-corrected chi connectivity index (χ4v) is 7.13. The molecule has 2 heterocycles. The number of carbonyl (C=O) groups excluding carboxylic acids is 2. The molecule has 0 saturated heterocycles. The maximum Gasteiger partial charge on any atom is 0.240 e. The number of hydrogen-bond acceptors (Lipinski definition) is 4. The molecule has 32 heavy (non-hydrogen) atoms. The van der Waals surface area contributed by atoms with Crippen LogP contribution in [-0.4, -0.2) is 62.1 Å². The van der Waals surface area contributed by atoms with Crippen molar-refractivity contribution in [3.8, 4) is 0 Å². The molecule has 1 aliphatic carbocycles. The van der Waals surface area contributed by atoms with E-state index >= 15 is 0 Å².